The number of aromatic nitrogens is 2. The highest BCUT2D eigenvalue weighted by molar-refractivity contribution is 7.71. The number of carbonyl (C=O) groups excluding carboxylic acids is 1. The molecule has 2 N–H and O–H groups in total. The second kappa shape index (κ2) is 8.03. The number of hydrogen-bond acceptors (Lipinski definition) is 4. The first-order valence-corrected chi connectivity index (χ1v) is 9.59. The molecule has 1 aliphatic rings. The zero-order valence-corrected chi connectivity index (χ0v) is 16.6. The van der Waals surface area contributed by atoms with Crippen molar-refractivity contribution < 1.29 is 9.53 Å². The summed E-state index contributed by atoms with van der Waals surface area (Å²) < 4.78 is 5.56. The molecule has 0 spiro atoms. The molecule has 4 rings (SSSR count). The van der Waals surface area contributed by atoms with Gasteiger partial charge in [-0.25, -0.2) is 4.79 Å². The topological polar surface area (TPSA) is 75.0 Å². The average Bonchev–Trinajstić information content (AvgIpc) is 3.07. The van der Waals surface area contributed by atoms with Crippen molar-refractivity contribution in [1.82, 2.24) is 9.97 Å². The lowest BCUT2D eigenvalue weighted by Gasteiger charge is -2.06. The van der Waals surface area contributed by atoms with Crippen molar-refractivity contribution in [3.8, 4) is 0 Å². The summed E-state index contributed by atoms with van der Waals surface area (Å²) in [6.45, 7) is 0. The SMILES string of the molecule is O=C1OC(c2ccccc2)=C/C1=C\c1[nH]c(=S)[nH]c(=O)c1Cc1ccc(Cl)cc1. The quantitative estimate of drug-likeness (QED) is 0.364. The Balaban J connectivity index is 1.75. The molecule has 0 bridgehead atoms. The molecule has 0 fully saturated rings. The lowest BCUT2D eigenvalue weighted by atomic mass is 10.0. The molecule has 0 amide bonds. The number of carbonyl (C=O) groups is 1. The van der Waals surface area contributed by atoms with Gasteiger partial charge in [0.15, 0.2) is 4.77 Å². The number of halogens is 1. The van der Waals surface area contributed by atoms with E-state index in [4.69, 9.17) is 28.6 Å². The van der Waals surface area contributed by atoms with E-state index in [-0.39, 0.29) is 10.3 Å². The predicted molar refractivity (Wildman–Crippen MR) is 115 cm³/mol. The van der Waals surface area contributed by atoms with Gasteiger partial charge in [-0.15, -0.1) is 0 Å². The first-order valence-electron chi connectivity index (χ1n) is 8.80. The zero-order valence-electron chi connectivity index (χ0n) is 15.1. The summed E-state index contributed by atoms with van der Waals surface area (Å²) in [5.74, 6) is -0.0227. The first kappa shape index (κ1) is 19.1. The molecule has 1 aliphatic heterocycles. The molecule has 0 unspecified atom stereocenters. The molecule has 0 saturated heterocycles. The smallest absolute Gasteiger partial charge is 0.343 e. The molecule has 0 radical (unpaired) electrons. The maximum absolute atomic E-state index is 12.5. The molecule has 0 saturated carbocycles. The largest absolute Gasteiger partial charge is 0.422 e. The van der Waals surface area contributed by atoms with Crippen LogP contribution < -0.4 is 5.56 Å². The Hall–Kier alpha value is -3.22. The molecule has 0 aliphatic carbocycles. The van der Waals surface area contributed by atoms with Crippen molar-refractivity contribution in [3.63, 3.8) is 0 Å². The molecule has 2 aromatic carbocycles. The summed E-state index contributed by atoms with van der Waals surface area (Å²) in [6, 6.07) is 16.5. The summed E-state index contributed by atoms with van der Waals surface area (Å²) in [6.07, 6.45) is 3.60. The van der Waals surface area contributed by atoms with Crippen LogP contribution in [0.25, 0.3) is 11.8 Å². The summed E-state index contributed by atoms with van der Waals surface area (Å²) in [4.78, 5) is 30.5. The number of cyclic esters (lactones) is 1. The lowest BCUT2D eigenvalue weighted by Crippen LogP contribution is -2.17. The van der Waals surface area contributed by atoms with Crippen LogP contribution in [-0.4, -0.2) is 15.9 Å². The van der Waals surface area contributed by atoms with E-state index in [0.717, 1.165) is 11.1 Å². The van der Waals surface area contributed by atoms with Crippen LogP contribution >= 0.6 is 23.8 Å². The number of aromatic amines is 2. The molecule has 5 nitrogen and oxygen atoms in total. The van der Waals surface area contributed by atoms with Crippen LogP contribution in [0.1, 0.15) is 22.4 Å². The number of ether oxygens (including phenoxy) is 1. The number of H-pyrrole nitrogens is 2. The molecular weight excluding hydrogens is 408 g/mol. The van der Waals surface area contributed by atoms with Crippen LogP contribution in [0.5, 0.6) is 0 Å². The van der Waals surface area contributed by atoms with Crippen molar-refractivity contribution in [2.75, 3.05) is 0 Å². The third-order valence-corrected chi connectivity index (χ3v) is 4.91. The number of rotatable bonds is 4. The van der Waals surface area contributed by atoms with Crippen molar-refractivity contribution >= 4 is 41.6 Å². The van der Waals surface area contributed by atoms with Gasteiger partial charge in [0.1, 0.15) is 5.76 Å². The fourth-order valence-electron chi connectivity index (χ4n) is 3.02. The van der Waals surface area contributed by atoms with Gasteiger partial charge in [0, 0.05) is 22.6 Å². The molecule has 1 aromatic heterocycles. The van der Waals surface area contributed by atoms with Gasteiger partial charge >= 0.3 is 5.97 Å². The highest BCUT2D eigenvalue weighted by Crippen LogP contribution is 2.27. The minimum atomic E-state index is -0.485. The van der Waals surface area contributed by atoms with E-state index in [1.165, 1.54) is 0 Å². The number of esters is 1. The molecular formula is C22H15ClN2O3S. The summed E-state index contributed by atoms with van der Waals surface area (Å²) in [5, 5.41) is 0.616. The van der Waals surface area contributed by atoms with Crippen LogP contribution in [-0.2, 0) is 16.0 Å². The van der Waals surface area contributed by atoms with E-state index in [0.29, 0.717) is 34.0 Å². The minimum absolute atomic E-state index is 0.181. The second-order valence-electron chi connectivity index (χ2n) is 6.47. The van der Waals surface area contributed by atoms with Gasteiger partial charge in [-0.3, -0.25) is 9.78 Å². The molecule has 7 heteroatoms. The highest BCUT2D eigenvalue weighted by atomic mass is 35.5. The van der Waals surface area contributed by atoms with Crippen LogP contribution in [0, 0.1) is 4.77 Å². The van der Waals surface area contributed by atoms with Crippen molar-refractivity contribution in [2.45, 2.75) is 6.42 Å². The third kappa shape index (κ3) is 4.29. The normalized spacial score (nSPS) is 14.7. The molecule has 3 aromatic rings. The molecule has 2 heterocycles. The Morgan fingerprint density at radius 3 is 2.45 bits per heavy atom. The first-order chi connectivity index (χ1) is 14.0. The van der Waals surface area contributed by atoms with Crippen LogP contribution in [0.2, 0.25) is 5.02 Å². The Labute approximate surface area is 176 Å². The fourth-order valence-corrected chi connectivity index (χ4v) is 3.35. The number of hydrogen-bond donors (Lipinski definition) is 2. The van der Waals surface area contributed by atoms with Gasteiger partial charge in [-0.1, -0.05) is 54.1 Å². The summed E-state index contributed by atoms with van der Waals surface area (Å²) in [7, 11) is 0. The molecule has 0 atom stereocenters. The van der Waals surface area contributed by atoms with E-state index in [9.17, 15) is 9.59 Å². The fraction of sp³-hybridized carbons (Fsp3) is 0.0455. The zero-order chi connectivity index (χ0) is 20.4. The van der Waals surface area contributed by atoms with Gasteiger partial charge in [0.25, 0.3) is 5.56 Å². The second-order valence-corrected chi connectivity index (χ2v) is 7.31. The van der Waals surface area contributed by atoms with Crippen LogP contribution in [0.4, 0.5) is 0 Å². The van der Waals surface area contributed by atoms with E-state index < -0.39 is 5.97 Å². The number of nitrogens with one attached hydrogen (secondary N) is 2. The van der Waals surface area contributed by atoms with Gasteiger partial charge in [-0.2, -0.15) is 0 Å². The van der Waals surface area contributed by atoms with Gasteiger partial charge in [-0.05, 0) is 42.1 Å². The third-order valence-electron chi connectivity index (χ3n) is 4.45. The van der Waals surface area contributed by atoms with E-state index >= 15 is 0 Å². The molecule has 29 heavy (non-hydrogen) atoms. The Morgan fingerprint density at radius 2 is 1.72 bits per heavy atom. The predicted octanol–water partition coefficient (Wildman–Crippen LogP) is 4.66. The Bertz CT molecular complexity index is 1260. The Morgan fingerprint density at radius 1 is 1.00 bits per heavy atom. The standard InChI is InChI=1S/C22H15ClN2O3S/c23-16-8-6-13(7-9-16)10-17-18(24-22(29)25-20(17)26)11-15-12-19(28-21(15)27)14-4-2-1-3-5-14/h1-9,11-12H,10H2,(H2,24,25,26,29)/b15-11+. The van der Waals surface area contributed by atoms with Crippen molar-refractivity contribution in [1.29, 1.82) is 0 Å². The number of benzene rings is 2. The highest BCUT2D eigenvalue weighted by Gasteiger charge is 2.22. The Kier molecular flexibility index (Phi) is 5.29. The summed E-state index contributed by atoms with van der Waals surface area (Å²) in [5.41, 5.74) is 2.64. The monoisotopic (exact) mass is 422 g/mol. The lowest BCUT2D eigenvalue weighted by molar-refractivity contribution is -0.130. The average molecular weight is 423 g/mol. The van der Waals surface area contributed by atoms with Crippen molar-refractivity contribution in [3.05, 3.63) is 109 Å². The van der Waals surface area contributed by atoms with Gasteiger partial charge in [0.2, 0.25) is 0 Å². The molecule has 144 valence electrons. The van der Waals surface area contributed by atoms with Crippen LogP contribution in [0.3, 0.4) is 0 Å². The maximum atomic E-state index is 12.5. The maximum Gasteiger partial charge on any atom is 0.343 e. The van der Waals surface area contributed by atoms with E-state index in [2.05, 4.69) is 9.97 Å². The van der Waals surface area contributed by atoms with Gasteiger partial charge < -0.3 is 9.72 Å². The van der Waals surface area contributed by atoms with E-state index in [1.807, 2.05) is 42.5 Å². The van der Waals surface area contributed by atoms with Crippen LogP contribution in [0.15, 0.2) is 71.0 Å². The van der Waals surface area contributed by atoms with Crippen molar-refractivity contribution in [2.24, 2.45) is 0 Å². The minimum Gasteiger partial charge on any atom is -0.422 e. The van der Waals surface area contributed by atoms with E-state index in [1.54, 1.807) is 24.3 Å². The van der Waals surface area contributed by atoms with Gasteiger partial charge in [0.05, 0.1) is 11.3 Å². The summed E-state index contributed by atoms with van der Waals surface area (Å²) >= 11 is 11.0.